The predicted molar refractivity (Wildman–Crippen MR) is 110 cm³/mol. The second-order valence-electron chi connectivity index (χ2n) is 6.87. The van der Waals surface area contributed by atoms with Crippen molar-refractivity contribution in [2.24, 2.45) is 7.05 Å². The number of carbonyl (C=O) groups excluding carboxylic acids is 1. The van der Waals surface area contributed by atoms with Gasteiger partial charge in [-0.15, -0.1) is 0 Å². The summed E-state index contributed by atoms with van der Waals surface area (Å²) < 4.78 is 8.65. The molecule has 0 radical (unpaired) electrons. The Hall–Kier alpha value is -2.78. The van der Waals surface area contributed by atoms with Crippen LogP contribution in [0.1, 0.15) is 13.3 Å². The van der Waals surface area contributed by atoms with Gasteiger partial charge in [0.25, 0.3) is 0 Å². The zero-order valence-corrected chi connectivity index (χ0v) is 17.2. The number of alkyl carbamates (subject to hydrolysis) is 1. The van der Waals surface area contributed by atoms with E-state index in [2.05, 4.69) is 20.6 Å². The second-order valence-corrected chi connectivity index (χ2v) is 7.62. The van der Waals surface area contributed by atoms with Crippen LogP contribution in [0, 0.1) is 0 Å². The fourth-order valence-electron chi connectivity index (χ4n) is 3.40. The first-order valence-corrected chi connectivity index (χ1v) is 9.69. The monoisotopic (exact) mass is 436 g/mol. The highest BCUT2D eigenvalue weighted by molar-refractivity contribution is 6.33. The molecule has 1 amide bonds. The number of halogens is 2. The van der Waals surface area contributed by atoms with E-state index in [1.165, 1.54) is 6.20 Å². The molecule has 4 rings (SSSR count). The fourth-order valence-corrected chi connectivity index (χ4v) is 3.67. The van der Waals surface area contributed by atoms with Crippen LogP contribution in [-0.2, 0) is 18.3 Å². The summed E-state index contributed by atoms with van der Waals surface area (Å²) in [6, 6.07) is 5.45. The molecule has 11 heteroatoms. The molecule has 9 nitrogen and oxygen atoms in total. The van der Waals surface area contributed by atoms with Gasteiger partial charge in [0.15, 0.2) is 5.82 Å². The highest BCUT2D eigenvalue weighted by Crippen LogP contribution is 2.28. The Balaban J connectivity index is 1.76. The zero-order chi connectivity index (χ0) is 20.8. The van der Waals surface area contributed by atoms with Gasteiger partial charge in [0.05, 0.1) is 30.3 Å². The van der Waals surface area contributed by atoms with Crippen molar-refractivity contribution in [1.82, 2.24) is 24.4 Å². The number of hydrogen-bond donors (Lipinski definition) is 2. The number of anilines is 2. The van der Waals surface area contributed by atoms with Gasteiger partial charge >= 0.3 is 11.8 Å². The summed E-state index contributed by atoms with van der Waals surface area (Å²) in [4.78, 5) is 32.4. The molecule has 1 aliphatic heterocycles. The Morgan fingerprint density at radius 2 is 2.10 bits per heavy atom. The second kappa shape index (κ2) is 7.23. The number of hydrogen-bond acceptors (Lipinski definition) is 6. The van der Waals surface area contributed by atoms with E-state index in [1.807, 2.05) is 25.1 Å². The Morgan fingerprint density at radius 1 is 1.31 bits per heavy atom. The molecule has 1 saturated heterocycles. The lowest BCUT2D eigenvalue weighted by molar-refractivity contribution is 0.0391. The number of aromatic nitrogens is 4. The van der Waals surface area contributed by atoms with Gasteiger partial charge in [0.1, 0.15) is 10.6 Å². The molecule has 1 fully saturated rings. The molecule has 1 atom stereocenters. The number of carbonyl (C=O) groups is 1. The Bertz CT molecular complexity index is 1170. The van der Waals surface area contributed by atoms with Gasteiger partial charge in [-0.25, -0.2) is 14.6 Å². The standard InChI is InChI=1S/C18H18Cl2N6O3/c1-3-18(8-22-16(27)29-18)9-26-13-6-10(4-5-12(13)25(2)17(26)28)23-14-11(19)7-21-15(20)24-14/h4-7H,3,8-9H2,1-2H3,(H,22,27)(H,21,23,24). The Labute approximate surface area is 175 Å². The van der Waals surface area contributed by atoms with E-state index in [4.69, 9.17) is 27.9 Å². The van der Waals surface area contributed by atoms with Gasteiger partial charge in [0.2, 0.25) is 5.28 Å². The topological polar surface area (TPSA) is 103 Å². The van der Waals surface area contributed by atoms with Crippen molar-refractivity contribution in [3.8, 4) is 0 Å². The number of fused-ring (bicyclic) bond motifs is 1. The highest BCUT2D eigenvalue weighted by atomic mass is 35.5. The third-order valence-corrected chi connectivity index (χ3v) is 5.54. The average Bonchev–Trinajstić information content (AvgIpc) is 3.18. The van der Waals surface area contributed by atoms with Crippen LogP contribution in [0.5, 0.6) is 0 Å². The molecule has 0 spiro atoms. The molecule has 1 aliphatic rings. The number of cyclic esters (lactones) is 1. The van der Waals surface area contributed by atoms with Crippen LogP contribution in [0.2, 0.25) is 10.3 Å². The lowest BCUT2D eigenvalue weighted by atomic mass is 10.0. The largest absolute Gasteiger partial charge is 0.439 e. The number of nitrogens with one attached hydrogen (secondary N) is 2. The van der Waals surface area contributed by atoms with Crippen LogP contribution >= 0.6 is 23.2 Å². The first kappa shape index (κ1) is 19.5. The van der Waals surface area contributed by atoms with Crippen molar-refractivity contribution in [1.29, 1.82) is 0 Å². The fraction of sp³-hybridized carbons (Fsp3) is 0.333. The summed E-state index contributed by atoms with van der Waals surface area (Å²) in [6.07, 6.45) is 1.50. The number of nitrogens with zero attached hydrogens (tertiary/aromatic N) is 4. The van der Waals surface area contributed by atoms with Crippen LogP contribution in [0.25, 0.3) is 11.0 Å². The maximum atomic E-state index is 12.9. The predicted octanol–water partition coefficient (Wildman–Crippen LogP) is 3.07. The Morgan fingerprint density at radius 3 is 2.79 bits per heavy atom. The van der Waals surface area contributed by atoms with Gasteiger partial charge in [-0.05, 0) is 36.2 Å². The SMILES string of the molecule is CCC1(Cn2c(=O)n(C)c3ccc(Nc4nc(Cl)ncc4Cl)cc32)CNC(=O)O1. The molecular formula is C18H18Cl2N6O3. The van der Waals surface area contributed by atoms with Crippen LogP contribution in [0.3, 0.4) is 0 Å². The van der Waals surface area contributed by atoms with Gasteiger partial charge < -0.3 is 15.4 Å². The molecular weight excluding hydrogens is 419 g/mol. The Kier molecular flexibility index (Phi) is 4.87. The van der Waals surface area contributed by atoms with E-state index in [-0.39, 0.29) is 17.5 Å². The number of ether oxygens (including phenoxy) is 1. The van der Waals surface area contributed by atoms with Crippen molar-refractivity contribution < 1.29 is 9.53 Å². The minimum Gasteiger partial charge on any atom is -0.439 e. The smallest absolute Gasteiger partial charge is 0.407 e. The summed E-state index contributed by atoms with van der Waals surface area (Å²) in [6.45, 7) is 2.50. The number of amides is 1. The summed E-state index contributed by atoms with van der Waals surface area (Å²) in [5.74, 6) is 0.356. The molecule has 0 saturated carbocycles. The number of aryl methyl sites for hydroxylation is 1. The first-order chi connectivity index (χ1) is 13.8. The van der Waals surface area contributed by atoms with Gasteiger partial charge in [-0.3, -0.25) is 9.13 Å². The minimum atomic E-state index is -0.776. The van der Waals surface area contributed by atoms with Gasteiger partial charge in [-0.1, -0.05) is 18.5 Å². The minimum absolute atomic E-state index is 0.0648. The molecule has 0 bridgehead atoms. The van der Waals surface area contributed by atoms with Crippen molar-refractivity contribution in [2.45, 2.75) is 25.5 Å². The molecule has 1 aromatic carbocycles. The molecule has 29 heavy (non-hydrogen) atoms. The van der Waals surface area contributed by atoms with E-state index in [0.717, 1.165) is 5.52 Å². The van der Waals surface area contributed by atoms with Crippen molar-refractivity contribution >= 4 is 51.8 Å². The quantitative estimate of drug-likeness (QED) is 0.595. The summed E-state index contributed by atoms with van der Waals surface area (Å²) in [7, 11) is 1.70. The molecule has 3 aromatic rings. The maximum absolute atomic E-state index is 12.9. The molecule has 152 valence electrons. The van der Waals surface area contributed by atoms with Crippen LogP contribution < -0.4 is 16.3 Å². The number of imidazole rings is 1. The number of benzene rings is 1. The van der Waals surface area contributed by atoms with E-state index >= 15 is 0 Å². The lowest BCUT2D eigenvalue weighted by Crippen LogP contribution is -2.40. The van der Waals surface area contributed by atoms with E-state index in [9.17, 15) is 9.59 Å². The number of rotatable bonds is 5. The maximum Gasteiger partial charge on any atom is 0.407 e. The summed E-state index contributed by atoms with van der Waals surface area (Å²) in [5.41, 5.74) is 1.13. The van der Waals surface area contributed by atoms with Crippen LogP contribution in [0.15, 0.2) is 29.2 Å². The van der Waals surface area contributed by atoms with Gasteiger partial charge in [-0.2, -0.15) is 4.98 Å². The van der Waals surface area contributed by atoms with Gasteiger partial charge in [0, 0.05) is 12.7 Å². The summed E-state index contributed by atoms with van der Waals surface area (Å²) >= 11 is 12.0. The highest BCUT2D eigenvalue weighted by Gasteiger charge is 2.40. The van der Waals surface area contributed by atoms with E-state index < -0.39 is 11.7 Å². The van der Waals surface area contributed by atoms with Crippen LogP contribution in [-0.4, -0.2) is 37.3 Å². The van der Waals surface area contributed by atoms with Crippen molar-refractivity contribution in [3.63, 3.8) is 0 Å². The molecule has 3 heterocycles. The lowest BCUT2D eigenvalue weighted by Gasteiger charge is -2.25. The normalized spacial score (nSPS) is 18.7. The van der Waals surface area contributed by atoms with E-state index in [0.29, 0.717) is 35.0 Å². The molecule has 0 aliphatic carbocycles. The van der Waals surface area contributed by atoms with Crippen molar-refractivity contribution in [2.75, 3.05) is 11.9 Å². The average molecular weight is 437 g/mol. The third kappa shape index (κ3) is 3.51. The summed E-state index contributed by atoms with van der Waals surface area (Å²) in [5, 5.41) is 6.15. The third-order valence-electron chi connectivity index (χ3n) is 5.08. The molecule has 1 unspecified atom stereocenters. The molecule has 2 N–H and O–H groups in total. The molecule has 2 aromatic heterocycles. The first-order valence-electron chi connectivity index (χ1n) is 8.93. The van der Waals surface area contributed by atoms with Crippen molar-refractivity contribution in [3.05, 3.63) is 45.2 Å². The van der Waals surface area contributed by atoms with E-state index in [1.54, 1.807) is 16.2 Å². The van der Waals surface area contributed by atoms with Crippen LogP contribution in [0.4, 0.5) is 16.3 Å². The zero-order valence-electron chi connectivity index (χ0n) is 15.7.